The predicted molar refractivity (Wildman–Crippen MR) is 93.1 cm³/mol. The van der Waals surface area contributed by atoms with E-state index in [2.05, 4.69) is 48.4 Å². The number of thioether (sulfide) groups is 1. The number of methoxy groups -OCH3 is 2. The van der Waals surface area contributed by atoms with E-state index in [-0.39, 0.29) is 0 Å². The van der Waals surface area contributed by atoms with E-state index in [0.29, 0.717) is 5.37 Å². The molecule has 22 heavy (non-hydrogen) atoms. The van der Waals surface area contributed by atoms with E-state index in [1.807, 2.05) is 30.0 Å². The number of hydrogen-bond acceptors (Lipinski definition) is 4. The Labute approximate surface area is 135 Å². The molecular weight excluding hydrogens is 294 g/mol. The van der Waals surface area contributed by atoms with Crippen molar-refractivity contribution in [3.05, 3.63) is 54.1 Å². The first-order valence-electron chi connectivity index (χ1n) is 7.11. The maximum Gasteiger partial charge on any atom is 0.161 e. The second-order valence-corrected chi connectivity index (χ2v) is 6.22. The van der Waals surface area contributed by atoms with Crippen LogP contribution >= 0.6 is 11.8 Å². The summed E-state index contributed by atoms with van der Waals surface area (Å²) in [4.78, 5) is 3.61. The molecule has 1 atom stereocenters. The van der Waals surface area contributed by atoms with Crippen molar-refractivity contribution in [3.63, 3.8) is 0 Å². The number of nitrogens with zero attached hydrogens (tertiary/aromatic N) is 1. The molecule has 1 unspecified atom stereocenters. The number of ether oxygens (including phenoxy) is 2. The van der Waals surface area contributed by atoms with Crippen molar-refractivity contribution >= 4 is 23.5 Å². The van der Waals surface area contributed by atoms with E-state index >= 15 is 0 Å². The summed E-state index contributed by atoms with van der Waals surface area (Å²) in [6.45, 7) is 0. The Bertz CT molecular complexity index is 699. The molecule has 0 amide bonds. The number of anilines is 1. The van der Waals surface area contributed by atoms with E-state index < -0.39 is 0 Å². The van der Waals surface area contributed by atoms with Crippen LogP contribution in [-0.2, 0) is 0 Å². The fourth-order valence-corrected chi connectivity index (χ4v) is 3.69. The second kappa shape index (κ2) is 6.36. The smallest absolute Gasteiger partial charge is 0.161 e. The van der Waals surface area contributed by atoms with E-state index in [1.165, 1.54) is 10.6 Å². The fraction of sp³-hybridized carbons (Fsp3) is 0.222. The van der Waals surface area contributed by atoms with Gasteiger partial charge in [-0.2, -0.15) is 0 Å². The molecule has 0 saturated heterocycles. The third-order valence-corrected chi connectivity index (χ3v) is 5.05. The molecule has 0 fully saturated rings. The molecule has 0 aliphatic carbocycles. The van der Waals surface area contributed by atoms with Gasteiger partial charge in [0.25, 0.3) is 0 Å². The van der Waals surface area contributed by atoms with Gasteiger partial charge >= 0.3 is 0 Å². The molecule has 0 N–H and O–H groups in total. The van der Waals surface area contributed by atoms with Gasteiger partial charge in [0.05, 0.1) is 25.3 Å². The first kappa shape index (κ1) is 14.9. The zero-order valence-electron chi connectivity index (χ0n) is 12.9. The predicted octanol–water partition coefficient (Wildman–Crippen LogP) is 4.29. The summed E-state index contributed by atoms with van der Waals surface area (Å²) in [6, 6.07) is 14.4. The molecule has 0 saturated carbocycles. The minimum atomic E-state index is 0.311. The van der Waals surface area contributed by atoms with Crippen LogP contribution in [0.25, 0.3) is 6.08 Å². The highest BCUT2D eigenvalue weighted by Gasteiger charge is 2.24. The first-order valence-corrected chi connectivity index (χ1v) is 7.99. The molecule has 114 valence electrons. The monoisotopic (exact) mass is 313 g/mol. The molecule has 0 spiro atoms. The highest BCUT2D eigenvalue weighted by molar-refractivity contribution is 8.00. The third kappa shape index (κ3) is 2.79. The SMILES string of the molecule is COc1ccc(C=CC2Sc3ccccc3N2C)cc1OC. The maximum atomic E-state index is 5.35. The number of hydrogen-bond donors (Lipinski definition) is 0. The van der Waals surface area contributed by atoms with Crippen LogP contribution in [-0.4, -0.2) is 26.6 Å². The Morgan fingerprint density at radius 3 is 2.55 bits per heavy atom. The zero-order valence-corrected chi connectivity index (χ0v) is 13.8. The highest BCUT2D eigenvalue weighted by Crippen LogP contribution is 2.42. The van der Waals surface area contributed by atoms with E-state index in [4.69, 9.17) is 9.47 Å². The molecule has 2 aromatic rings. The molecule has 1 aliphatic heterocycles. The number of rotatable bonds is 4. The average molecular weight is 313 g/mol. The minimum Gasteiger partial charge on any atom is -0.493 e. The van der Waals surface area contributed by atoms with Crippen molar-refractivity contribution in [2.75, 3.05) is 26.2 Å². The van der Waals surface area contributed by atoms with Gasteiger partial charge in [0, 0.05) is 11.9 Å². The first-order chi connectivity index (χ1) is 10.7. The summed E-state index contributed by atoms with van der Waals surface area (Å²) in [6.07, 6.45) is 4.34. The number of likely N-dealkylation sites (N-methyl/N-ethyl adjacent to an activating group) is 1. The summed E-state index contributed by atoms with van der Waals surface area (Å²) in [5.41, 5.74) is 2.39. The van der Waals surface area contributed by atoms with Gasteiger partial charge in [-0.3, -0.25) is 0 Å². The summed E-state index contributed by atoms with van der Waals surface area (Å²) in [5, 5.41) is 0.311. The Morgan fingerprint density at radius 1 is 1.05 bits per heavy atom. The Hall–Kier alpha value is -2.07. The van der Waals surface area contributed by atoms with Crippen molar-refractivity contribution in [1.29, 1.82) is 0 Å². The van der Waals surface area contributed by atoms with Crippen molar-refractivity contribution in [1.82, 2.24) is 0 Å². The largest absolute Gasteiger partial charge is 0.493 e. The average Bonchev–Trinajstić information content (AvgIpc) is 2.89. The summed E-state index contributed by atoms with van der Waals surface area (Å²) in [7, 11) is 5.43. The van der Waals surface area contributed by atoms with Crippen LogP contribution < -0.4 is 14.4 Å². The molecule has 1 aliphatic rings. The van der Waals surface area contributed by atoms with Crippen molar-refractivity contribution in [2.45, 2.75) is 10.3 Å². The Kier molecular flexibility index (Phi) is 4.29. The summed E-state index contributed by atoms with van der Waals surface area (Å²) >= 11 is 1.86. The minimum absolute atomic E-state index is 0.311. The highest BCUT2D eigenvalue weighted by atomic mass is 32.2. The van der Waals surface area contributed by atoms with Gasteiger partial charge in [0.1, 0.15) is 0 Å². The standard InChI is InChI=1S/C18H19NO2S/c1-19-14-6-4-5-7-17(14)22-18(19)11-9-13-8-10-15(20-2)16(12-13)21-3/h4-12,18H,1-3H3. The van der Waals surface area contributed by atoms with Crippen LogP contribution in [0.4, 0.5) is 5.69 Å². The van der Waals surface area contributed by atoms with E-state index in [1.54, 1.807) is 14.2 Å². The lowest BCUT2D eigenvalue weighted by atomic mass is 10.2. The molecule has 1 heterocycles. The van der Waals surface area contributed by atoms with Gasteiger partial charge in [-0.25, -0.2) is 0 Å². The third-order valence-electron chi connectivity index (χ3n) is 3.74. The van der Waals surface area contributed by atoms with Crippen LogP contribution in [0.1, 0.15) is 5.56 Å². The number of benzene rings is 2. The molecule has 3 nitrogen and oxygen atoms in total. The van der Waals surface area contributed by atoms with Crippen molar-refractivity contribution in [3.8, 4) is 11.5 Å². The lowest BCUT2D eigenvalue weighted by molar-refractivity contribution is 0.355. The van der Waals surface area contributed by atoms with Gasteiger partial charge in [0.15, 0.2) is 11.5 Å². The second-order valence-electron chi connectivity index (χ2n) is 5.06. The Balaban J connectivity index is 1.78. The van der Waals surface area contributed by atoms with Crippen LogP contribution in [0.5, 0.6) is 11.5 Å². The lowest BCUT2D eigenvalue weighted by Crippen LogP contribution is -2.21. The van der Waals surface area contributed by atoms with Gasteiger partial charge in [-0.1, -0.05) is 42.1 Å². The normalized spacial score (nSPS) is 16.9. The molecular formula is C18H19NO2S. The van der Waals surface area contributed by atoms with Gasteiger partial charge in [0.2, 0.25) is 0 Å². The van der Waals surface area contributed by atoms with Gasteiger partial charge < -0.3 is 14.4 Å². The van der Waals surface area contributed by atoms with Gasteiger partial charge in [-0.05, 0) is 29.8 Å². The van der Waals surface area contributed by atoms with Crippen molar-refractivity contribution < 1.29 is 9.47 Å². The summed E-state index contributed by atoms with van der Waals surface area (Å²) in [5.74, 6) is 1.50. The van der Waals surface area contributed by atoms with Crippen LogP contribution in [0.2, 0.25) is 0 Å². The van der Waals surface area contributed by atoms with E-state index in [0.717, 1.165) is 17.1 Å². The fourth-order valence-electron chi connectivity index (χ4n) is 2.51. The van der Waals surface area contributed by atoms with Crippen LogP contribution in [0.15, 0.2) is 53.4 Å². The molecule has 0 aromatic heterocycles. The van der Waals surface area contributed by atoms with Crippen LogP contribution in [0, 0.1) is 0 Å². The Morgan fingerprint density at radius 2 is 1.82 bits per heavy atom. The lowest BCUT2D eigenvalue weighted by Gasteiger charge is -2.18. The number of para-hydroxylation sites is 1. The van der Waals surface area contributed by atoms with Crippen molar-refractivity contribution in [2.24, 2.45) is 0 Å². The molecule has 3 rings (SSSR count). The topological polar surface area (TPSA) is 21.7 Å². The quantitative estimate of drug-likeness (QED) is 0.839. The molecule has 4 heteroatoms. The zero-order chi connectivity index (χ0) is 15.5. The number of fused-ring (bicyclic) bond motifs is 1. The maximum absolute atomic E-state index is 5.35. The molecule has 0 bridgehead atoms. The van der Waals surface area contributed by atoms with Gasteiger partial charge in [-0.15, -0.1) is 0 Å². The van der Waals surface area contributed by atoms with Crippen LogP contribution in [0.3, 0.4) is 0 Å². The molecule has 2 aromatic carbocycles. The molecule has 0 radical (unpaired) electrons. The summed E-state index contributed by atoms with van der Waals surface area (Å²) < 4.78 is 10.6. The van der Waals surface area contributed by atoms with E-state index in [9.17, 15) is 0 Å².